The smallest absolute Gasteiger partial charge is 0.407 e. The molecule has 0 saturated heterocycles. The number of hydrogen-bond donors (Lipinski definition) is 1. The van der Waals surface area contributed by atoms with Gasteiger partial charge in [0.1, 0.15) is 17.3 Å². The van der Waals surface area contributed by atoms with Gasteiger partial charge < -0.3 is 19.0 Å². The SMILES string of the molecule is COC(=O)CC(CNC(=O)OCC1c2ccccc2-c2ccccc21)c1cccc(OS(=O)(=O)c2ccccc2)c1. The van der Waals surface area contributed by atoms with Crippen LogP contribution in [0.25, 0.3) is 11.1 Å². The van der Waals surface area contributed by atoms with Crippen molar-refractivity contribution >= 4 is 22.2 Å². The summed E-state index contributed by atoms with van der Waals surface area (Å²) in [4.78, 5) is 25.0. The molecule has 1 aliphatic rings. The number of ether oxygens (including phenoxy) is 2. The highest BCUT2D eigenvalue weighted by atomic mass is 32.2. The van der Waals surface area contributed by atoms with Gasteiger partial charge in [-0.2, -0.15) is 8.42 Å². The van der Waals surface area contributed by atoms with Crippen LogP contribution in [0.2, 0.25) is 0 Å². The molecule has 1 amide bonds. The van der Waals surface area contributed by atoms with Crippen LogP contribution in [0.4, 0.5) is 4.79 Å². The molecule has 8 nitrogen and oxygen atoms in total. The number of methoxy groups -OCH3 is 1. The molecule has 41 heavy (non-hydrogen) atoms. The van der Waals surface area contributed by atoms with Crippen molar-refractivity contribution in [2.24, 2.45) is 0 Å². The fraction of sp³-hybridized carbons (Fsp3) is 0.188. The van der Waals surface area contributed by atoms with E-state index in [0.717, 1.165) is 22.3 Å². The number of esters is 1. The second-order valence-electron chi connectivity index (χ2n) is 9.61. The third kappa shape index (κ3) is 6.41. The molecular weight excluding hydrogens is 542 g/mol. The minimum absolute atomic E-state index is 0.0217. The molecule has 4 aromatic rings. The van der Waals surface area contributed by atoms with Gasteiger partial charge in [-0.3, -0.25) is 4.79 Å². The van der Waals surface area contributed by atoms with Crippen LogP contribution in [0.15, 0.2) is 108 Å². The van der Waals surface area contributed by atoms with Gasteiger partial charge in [-0.15, -0.1) is 0 Å². The Kier molecular flexibility index (Phi) is 8.35. The monoisotopic (exact) mass is 571 g/mol. The first kappa shape index (κ1) is 27.9. The van der Waals surface area contributed by atoms with E-state index in [4.69, 9.17) is 13.7 Å². The number of rotatable bonds is 10. The maximum absolute atomic E-state index is 12.8. The van der Waals surface area contributed by atoms with Crippen LogP contribution in [-0.4, -0.2) is 40.7 Å². The number of benzene rings is 4. The Morgan fingerprint density at radius 1 is 0.829 bits per heavy atom. The van der Waals surface area contributed by atoms with Crippen LogP contribution >= 0.6 is 0 Å². The number of amides is 1. The number of nitrogens with one attached hydrogen (secondary N) is 1. The second-order valence-corrected chi connectivity index (χ2v) is 11.2. The summed E-state index contributed by atoms with van der Waals surface area (Å²) in [6, 6.07) is 30.3. The summed E-state index contributed by atoms with van der Waals surface area (Å²) in [5.74, 6) is -1.000. The van der Waals surface area contributed by atoms with Crippen molar-refractivity contribution in [1.82, 2.24) is 5.32 Å². The van der Waals surface area contributed by atoms with Crippen LogP contribution in [0.5, 0.6) is 5.75 Å². The lowest BCUT2D eigenvalue weighted by molar-refractivity contribution is -0.141. The molecular formula is C32H29NO7S. The van der Waals surface area contributed by atoms with Crippen LogP contribution in [0.1, 0.15) is 34.9 Å². The quantitative estimate of drug-likeness (QED) is 0.194. The Hall–Kier alpha value is -4.63. The van der Waals surface area contributed by atoms with Crippen LogP contribution in [0, 0.1) is 0 Å². The summed E-state index contributed by atoms with van der Waals surface area (Å²) in [7, 11) is -2.77. The first-order valence-corrected chi connectivity index (χ1v) is 14.5. The Balaban J connectivity index is 1.26. The average Bonchev–Trinajstić information content (AvgIpc) is 3.32. The highest BCUT2D eigenvalue weighted by molar-refractivity contribution is 7.87. The van der Waals surface area contributed by atoms with Crippen molar-refractivity contribution in [2.45, 2.75) is 23.2 Å². The molecule has 0 aromatic heterocycles. The minimum atomic E-state index is -4.05. The van der Waals surface area contributed by atoms with Gasteiger partial charge in [-0.25, -0.2) is 4.79 Å². The molecule has 0 spiro atoms. The largest absolute Gasteiger partial charge is 0.469 e. The van der Waals surface area contributed by atoms with E-state index in [1.54, 1.807) is 30.3 Å². The zero-order valence-corrected chi connectivity index (χ0v) is 23.2. The average molecular weight is 572 g/mol. The van der Waals surface area contributed by atoms with E-state index >= 15 is 0 Å². The molecule has 0 saturated carbocycles. The Bertz CT molecular complexity index is 1610. The van der Waals surface area contributed by atoms with Crippen LogP contribution in [-0.2, 0) is 24.4 Å². The summed E-state index contributed by atoms with van der Waals surface area (Å²) in [6.07, 6.45) is -0.671. The van der Waals surface area contributed by atoms with Gasteiger partial charge in [0.2, 0.25) is 0 Å². The number of hydrogen-bond acceptors (Lipinski definition) is 7. The van der Waals surface area contributed by atoms with Crippen LogP contribution in [0.3, 0.4) is 0 Å². The normalized spacial score (nSPS) is 13.0. The van der Waals surface area contributed by atoms with E-state index in [-0.39, 0.29) is 36.1 Å². The lowest BCUT2D eigenvalue weighted by Gasteiger charge is -2.19. The predicted octanol–water partition coefficient (Wildman–Crippen LogP) is 5.64. The van der Waals surface area contributed by atoms with Gasteiger partial charge in [0, 0.05) is 18.4 Å². The molecule has 5 rings (SSSR count). The van der Waals surface area contributed by atoms with Crippen molar-refractivity contribution in [3.05, 3.63) is 120 Å². The van der Waals surface area contributed by atoms with E-state index < -0.39 is 28.1 Å². The maximum atomic E-state index is 12.8. The summed E-state index contributed by atoms with van der Waals surface area (Å²) in [6.45, 7) is 0.211. The van der Waals surface area contributed by atoms with E-state index in [2.05, 4.69) is 17.4 Å². The number of carbonyl (C=O) groups excluding carboxylic acids is 2. The molecule has 1 unspecified atom stereocenters. The van der Waals surface area contributed by atoms with Crippen molar-refractivity contribution in [1.29, 1.82) is 0 Å². The van der Waals surface area contributed by atoms with Crippen molar-refractivity contribution < 1.29 is 31.7 Å². The summed E-state index contributed by atoms with van der Waals surface area (Å²) < 4.78 is 41.2. The number of carbonyl (C=O) groups is 2. The Morgan fingerprint density at radius 3 is 2.12 bits per heavy atom. The third-order valence-corrected chi connectivity index (χ3v) is 8.31. The summed E-state index contributed by atoms with van der Waals surface area (Å²) >= 11 is 0. The summed E-state index contributed by atoms with van der Waals surface area (Å²) in [5.41, 5.74) is 5.06. The molecule has 0 aliphatic heterocycles. The molecule has 0 bridgehead atoms. The Labute approximate surface area is 239 Å². The molecule has 0 heterocycles. The fourth-order valence-corrected chi connectivity index (χ4v) is 5.97. The Morgan fingerprint density at radius 2 is 1.46 bits per heavy atom. The molecule has 1 aliphatic carbocycles. The van der Waals surface area contributed by atoms with Crippen LogP contribution < -0.4 is 9.50 Å². The zero-order chi connectivity index (χ0) is 28.8. The lowest BCUT2D eigenvalue weighted by atomic mass is 9.95. The minimum Gasteiger partial charge on any atom is -0.469 e. The summed E-state index contributed by atoms with van der Waals surface area (Å²) in [5, 5.41) is 2.75. The first-order chi connectivity index (χ1) is 19.9. The standard InChI is InChI=1S/C32H29NO7S/c1-38-31(34)19-23(22-10-9-11-24(18-22)40-41(36,37)25-12-3-2-4-13-25)20-33-32(35)39-21-30-28-16-7-5-14-26(28)27-15-6-8-17-29(27)30/h2-18,23,30H,19-21H2,1H3,(H,33,35). The maximum Gasteiger partial charge on any atom is 0.407 e. The van der Waals surface area contributed by atoms with E-state index in [9.17, 15) is 18.0 Å². The molecule has 1 N–H and O–H groups in total. The van der Waals surface area contributed by atoms with Crippen molar-refractivity contribution in [2.75, 3.05) is 20.3 Å². The van der Waals surface area contributed by atoms with Crippen molar-refractivity contribution in [3.63, 3.8) is 0 Å². The van der Waals surface area contributed by atoms with Gasteiger partial charge in [-0.1, -0.05) is 78.9 Å². The first-order valence-electron chi connectivity index (χ1n) is 13.1. The van der Waals surface area contributed by atoms with Gasteiger partial charge >= 0.3 is 22.2 Å². The van der Waals surface area contributed by atoms with Crippen molar-refractivity contribution in [3.8, 4) is 16.9 Å². The molecule has 9 heteroatoms. The zero-order valence-electron chi connectivity index (χ0n) is 22.4. The predicted molar refractivity (Wildman–Crippen MR) is 153 cm³/mol. The number of alkyl carbamates (subject to hydrolysis) is 1. The third-order valence-electron chi connectivity index (χ3n) is 7.04. The second kappa shape index (κ2) is 12.3. The van der Waals surface area contributed by atoms with E-state index in [0.29, 0.717) is 5.56 Å². The molecule has 4 aromatic carbocycles. The fourth-order valence-electron chi connectivity index (χ4n) is 5.03. The van der Waals surface area contributed by atoms with Gasteiger partial charge in [0.15, 0.2) is 0 Å². The highest BCUT2D eigenvalue weighted by Gasteiger charge is 2.29. The molecule has 210 valence electrons. The molecule has 1 atom stereocenters. The van der Waals surface area contributed by atoms with Gasteiger partial charge in [0.25, 0.3) is 0 Å². The van der Waals surface area contributed by atoms with E-state index in [1.807, 2.05) is 36.4 Å². The highest BCUT2D eigenvalue weighted by Crippen LogP contribution is 2.44. The lowest BCUT2D eigenvalue weighted by Crippen LogP contribution is -2.31. The van der Waals surface area contributed by atoms with Gasteiger partial charge in [-0.05, 0) is 52.1 Å². The topological polar surface area (TPSA) is 108 Å². The molecule has 0 fully saturated rings. The molecule has 0 radical (unpaired) electrons. The number of fused-ring (bicyclic) bond motifs is 3. The van der Waals surface area contributed by atoms with Gasteiger partial charge in [0.05, 0.1) is 13.5 Å². The van der Waals surface area contributed by atoms with E-state index in [1.165, 1.54) is 31.4 Å².